The molecule has 0 saturated heterocycles. The third-order valence-corrected chi connectivity index (χ3v) is 3.64. The lowest BCUT2D eigenvalue weighted by atomic mass is 10.2. The minimum atomic E-state index is -0.0769. The van der Waals surface area contributed by atoms with Gasteiger partial charge in [0.15, 0.2) is 0 Å². The van der Waals surface area contributed by atoms with Crippen LogP contribution >= 0.6 is 11.3 Å². The van der Waals surface area contributed by atoms with E-state index in [-0.39, 0.29) is 5.91 Å². The standard InChI is InChI=1S/C15H19N3OS/c1-2-6-17-14-4-7-16-10-13(14)15(19)18-8-3-12-5-9-20-11-12/h4-5,7,9-11H,2-3,6,8H2,1H3,(H,16,17)(H,18,19). The molecule has 2 heterocycles. The molecule has 2 aromatic heterocycles. The molecular weight excluding hydrogens is 270 g/mol. The Balaban J connectivity index is 1.91. The van der Waals surface area contributed by atoms with Crippen LogP contribution in [0.25, 0.3) is 0 Å². The molecule has 0 spiro atoms. The van der Waals surface area contributed by atoms with Gasteiger partial charge in [0.25, 0.3) is 5.91 Å². The van der Waals surface area contributed by atoms with Gasteiger partial charge in [-0.15, -0.1) is 0 Å². The van der Waals surface area contributed by atoms with Crippen LogP contribution in [0.4, 0.5) is 5.69 Å². The van der Waals surface area contributed by atoms with Crippen LogP contribution in [0.3, 0.4) is 0 Å². The van der Waals surface area contributed by atoms with Gasteiger partial charge in [-0.2, -0.15) is 11.3 Å². The summed E-state index contributed by atoms with van der Waals surface area (Å²) in [6.45, 7) is 3.58. The zero-order valence-electron chi connectivity index (χ0n) is 11.6. The molecule has 0 aliphatic rings. The number of aromatic nitrogens is 1. The van der Waals surface area contributed by atoms with Crippen molar-refractivity contribution in [1.82, 2.24) is 10.3 Å². The van der Waals surface area contributed by atoms with Crippen molar-refractivity contribution in [3.63, 3.8) is 0 Å². The number of hydrogen-bond acceptors (Lipinski definition) is 4. The van der Waals surface area contributed by atoms with Crippen molar-refractivity contribution in [2.75, 3.05) is 18.4 Å². The molecule has 0 unspecified atom stereocenters. The SMILES string of the molecule is CCCNc1ccncc1C(=O)NCCc1ccsc1. The summed E-state index contributed by atoms with van der Waals surface area (Å²) in [6, 6.07) is 3.92. The van der Waals surface area contributed by atoms with Crippen molar-refractivity contribution in [3.8, 4) is 0 Å². The number of carbonyl (C=O) groups is 1. The van der Waals surface area contributed by atoms with E-state index >= 15 is 0 Å². The highest BCUT2D eigenvalue weighted by Gasteiger charge is 2.10. The zero-order chi connectivity index (χ0) is 14.2. The summed E-state index contributed by atoms with van der Waals surface area (Å²) in [5, 5.41) is 10.3. The molecule has 2 N–H and O–H groups in total. The normalized spacial score (nSPS) is 10.2. The van der Waals surface area contributed by atoms with Crippen molar-refractivity contribution in [2.24, 2.45) is 0 Å². The maximum absolute atomic E-state index is 12.2. The lowest BCUT2D eigenvalue weighted by Gasteiger charge is -2.10. The monoisotopic (exact) mass is 289 g/mol. The second kappa shape index (κ2) is 7.65. The molecule has 1 amide bonds. The number of hydrogen-bond donors (Lipinski definition) is 2. The van der Waals surface area contributed by atoms with Crippen LogP contribution in [0.5, 0.6) is 0 Å². The highest BCUT2D eigenvalue weighted by atomic mass is 32.1. The first-order valence-electron chi connectivity index (χ1n) is 6.78. The number of carbonyl (C=O) groups excluding carboxylic acids is 1. The van der Waals surface area contributed by atoms with E-state index in [0.717, 1.165) is 25.1 Å². The Hall–Kier alpha value is -1.88. The second-order valence-electron chi connectivity index (χ2n) is 4.49. The molecule has 2 aromatic rings. The minimum Gasteiger partial charge on any atom is -0.384 e. The van der Waals surface area contributed by atoms with E-state index in [1.807, 2.05) is 11.4 Å². The van der Waals surface area contributed by atoms with E-state index in [2.05, 4.69) is 34.0 Å². The molecule has 0 aromatic carbocycles. The Morgan fingerprint density at radius 2 is 2.25 bits per heavy atom. The fourth-order valence-corrected chi connectivity index (χ4v) is 2.54. The number of amides is 1. The number of anilines is 1. The van der Waals surface area contributed by atoms with Crippen LogP contribution in [0.2, 0.25) is 0 Å². The third-order valence-electron chi connectivity index (χ3n) is 2.91. The summed E-state index contributed by atoms with van der Waals surface area (Å²) in [7, 11) is 0. The highest BCUT2D eigenvalue weighted by molar-refractivity contribution is 7.07. The van der Waals surface area contributed by atoms with Crippen molar-refractivity contribution < 1.29 is 4.79 Å². The molecular formula is C15H19N3OS. The Bertz CT molecular complexity index is 540. The Morgan fingerprint density at radius 3 is 3.00 bits per heavy atom. The number of rotatable bonds is 7. The van der Waals surface area contributed by atoms with Gasteiger partial charge in [0.1, 0.15) is 0 Å². The summed E-state index contributed by atoms with van der Waals surface area (Å²) in [5.41, 5.74) is 2.70. The predicted molar refractivity (Wildman–Crippen MR) is 83.4 cm³/mol. The fourth-order valence-electron chi connectivity index (χ4n) is 1.84. The zero-order valence-corrected chi connectivity index (χ0v) is 12.4. The van der Waals surface area contributed by atoms with E-state index < -0.39 is 0 Å². The van der Waals surface area contributed by atoms with Gasteiger partial charge in [0, 0.05) is 25.5 Å². The molecule has 0 radical (unpaired) electrons. The van der Waals surface area contributed by atoms with E-state index in [0.29, 0.717) is 12.1 Å². The molecule has 0 fully saturated rings. The van der Waals surface area contributed by atoms with Crippen molar-refractivity contribution in [2.45, 2.75) is 19.8 Å². The van der Waals surface area contributed by atoms with Gasteiger partial charge in [0.05, 0.1) is 11.3 Å². The van der Waals surface area contributed by atoms with Crippen LogP contribution < -0.4 is 10.6 Å². The minimum absolute atomic E-state index is 0.0769. The largest absolute Gasteiger partial charge is 0.384 e. The van der Waals surface area contributed by atoms with Gasteiger partial charge in [-0.25, -0.2) is 0 Å². The number of thiophene rings is 1. The summed E-state index contributed by atoms with van der Waals surface area (Å²) in [4.78, 5) is 16.2. The summed E-state index contributed by atoms with van der Waals surface area (Å²) in [5.74, 6) is -0.0769. The lowest BCUT2D eigenvalue weighted by molar-refractivity contribution is 0.0954. The van der Waals surface area contributed by atoms with E-state index in [1.54, 1.807) is 23.7 Å². The molecule has 2 rings (SSSR count). The molecule has 0 aliphatic heterocycles. The number of nitrogens with one attached hydrogen (secondary N) is 2. The first-order valence-corrected chi connectivity index (χ1v) is 7.72. The molecule has 0 atom stereocenters. The summed E-state index contributed by atoms with van der Waals surface area (Å²) >= 11 is 1.67. The van der Waals surface area contributed by atoms with Crippen LogP contribution in [0.1, 0.15) is 29.3 Å². The van der Waals surface area contributed by atoms with Crippen LogP contribution in [0.15, 0.2) is 35.3 Å². The first-order chi connectivity index (χ1) is 9.81. The molecule has 20 heavy (non-hydrogen) atoms. The highest BCUT2D eigenvalue weighted by Crippen LogP contribution is 2.13. The molecule has 0 bridgehead atoms. The smallest absolute Gasteiger partial charge is 0.254 e. The quantitative estimate of drug-likeness (QED) is 0.824. The average Bonchev–Trinajstić information content (AvgIpc) is 2.98. The van der Waals surface area contributed by atoms with Gasteiger partial charge in [-0.05, 0) is 41.3 Å². The van der Waals surface area contributed by atoms with Crippen LogP contribution in [0, 0.1) is 0 Å². The van der Waals surface area contributed by atoms with Gasteiger partial charge in [0.2, 0.25) is 0 Å². The van der Waals surface area contributed by atoms with E-state index in [9.17, 15) is 4.79 Å². The third kappa shape index (κ3) is 4.06. The number of pyridine rings is 1. The van der Waals surface area contributed by atoms with Gasteiger partial charge in [-0.1, -0.05) is 6.92 Å². The molecule has 0 aliphatic carbocycles. The average molecular weight is 289 g/mol. The van der Waals surface area contributed by atoms with Crippen LogP contribution in [-0.4, -0.2) is 24.0 Å². The Labute approximate surface area is 123 Å². The maximum atomic E-state index is 12.2. The summed E-state index contributed by atoms with van der Waals surface area (Å²) < 4.78 is 0. The first kappa shape index (κ1) is 14.5. The van der Waals surface area contributed by atoms with Gasteiger partial charge in [-0.3, -0.25) is 9.78 Å². The number of nitrogens with zero attached hydrogens (tertiary/aromatic N) is 1. The Kier molecular flexibility index (Phi) is 5.55. The summed E-state index contributed by atoms with van der Waals surface area (Å²) in [6.07, 6.45) is 5.17. The van der Waals surface area contributed by atoms with Gasteiger partial charge >= 0.3 is 0 Å². The topological polar surface area (TPSA) is 54.0 Å². The van der Waals surface area contributed by atoms with Crippen molar-refractivity contribution in [3.05, 3.63) is 46.4 Å². The van der Waals surface area contributed by atoms with Crippen molar-refractivity contribution >= 4 is 22.9 Å². The molecule has 0 saturated carbocycles. The van der Waals surface area contributed by atoms with Gasteiger partial charge < -0.3 is 10.6 Å². The fraction of sp³-hybridized carbons (Fsp3) is 0.333. The predicted octanol–water partition coefficient (Wildman–Crippen LogP) is 2.94. The van der Waals surface area contributed by atoms with Crippen LogP contribution in [-0.2, 0) is 6.42 Å². The van der Waals surface area contributed by atoms with Crippen molar-refractivity contribution in [1.29, 1.82) is 0 Å². The van der Waals surface area contributed by atoms with E-state index in [4.69, 9.17) is 0 Å². The Morgan fingerprint density at radius 1 is 1.35 bits per heavy atom. The maximum Gasteiger partial charge on any atom is 0.254 e. The molecule has 5 heteroatoms. The molecule has 106 valence electrons. The lowest BCUT2D eigenvalue weighted by Crippen LogP contribution is -2.26. The van der Waals surface area contributed by atoms with E-state index in [1.165, 1.54) is 5.56 Å². The molecule has 4 nitrogen and oxygen atoms in total. The second-order valence-corrected chi connectivity index (χ2v) is 5.27.